The van der Waals surface area contributed by atoms with Crippen molar-refractivity contribution in [2.24, 2.45) is 7.05 Å². The Bertz CT molecular complexity index is 1280. The molecule has 0 atom stereocenters. The number of nitriles is 1. The van der Waals surface area contributed by atoms with E-state index in [0.717, 1.165) is 11.8 Å². The van der Waals surface area contributed by atoms with Crippen LogP contribution in [0.3, 0.4) is 0 Å². The number of rotatable bonds is 5. The monoisotopic (exact) mass is 408 g/mol. The maximum absolute atomic E-state index is 12.9. The zero-order valence-corrected chi connectivity index (χ0v) is 17.1. The molecule has 0 bridgehead atoms. The lowest BCUT2D eigenvalue weighted by molar-refractivity contribution is 0.603. The molecule has 3 aromatic rings. The fourth-order valence-electron chi connectivity index (χ4n) is 2.89. The predicted molar refractivity (Wildman–Crippen MR) is 111 cm³/mol. The first-order valence-corrected chi connectivity index (χ1v) is 10.3. The quantitative estimate of drug-likeness (QED) is 0.655. The number of allylic oxidation sites excluding steroid dienone is 1. The van der Waals surface area contributed by atoms with Crippen LogP contribution < -0.4 is 10.9 Å². The molecule has 148 valence electrons. The summed E-state index contributed by atoms with van der Waals surface area (Å²) in [5.41, 5.74) is 2.03. The van der Waals surface area contributed by atoms with Crippen LogP contribution in [0, 0.1) is 25.2 Å². The normalized spacial score (nSPS) is 11.9. The van der Waals surface area contributed by atoms with Gasteiger partial charge in [0.1, 0.15) is 11.8 Å². The van der Waals surface area contributed by atoms with E-state index >= 15 is 0 Å². The van der Waals surface area contributed by atoms with E-state index < -0.39 is 14.7 Å². The minimum atomic E-state index is -4.00. The van der Waals surface area contributed by atoms with Crippen LogP contribution in [0.2, 0.25) is 0 Å². The molecular formula is C21H20N4O3S. The molecule has 0 saturated heterocycles. The number of para-hydroxylation sites is 1. The van der Waals surface area contributed by atoms with Crippen LogP contribution in [0.25, 0.3) is 5.69 Å². The van der Waals surface area contributed by atoms with Crippen molar-refractivity contribution in [3.63, 3.8) is 0 Å². The van der Waals surface area contributed by atoms with Crippen LogP contribution in [-0.4, -0.2) is 17.8 Å². The number of anilines is 1. The third kappa shape index (κ3) is 3.73. The third-order valence-corrected chi connectivity index (χ3v) is 6.31. The van der Waals surface area contributed by atoms with Gasteiger partial charge in [-0.05, 0) is 38.1 Å². The fraction of sp³-hybridized carbons (Fsp3) is 0.143. The van der Waals surface area contributed by atoms with E-state index in [0.29, 0.717) is 11.4 Å². The Hall–Kier alpha value is -3.57. The Morgan fingerprint density at radius 3 is 2.28 bits per heavy atom. The number of benzene rings is 2. The Labute approximate surface area is 169 Å². The van der Waals surface area contributed by atoms with Gasteiger partial charge < -0.3 is 5.32 Å². The van der Waals surface area contributed by atoms with Crippen molar-refractivity contribution < 1.29 is 8.42 Å². The third-order valence-electron chi connectivity index (χ3n) is 4.63. The van der Waals surface area contributed by atoms with Crippen molar-refractivity contribution in [2.75, 3.05) is 5.32 Å². The first kappa shape index (κ1) is 20.2. The molecule has 0 radical (unpaired) electrons. The molecular weight excluding hydrogens is 388 g/mol. The lowest BCUT2D eigenvalue weighted by atomic mass is 10.2. The highest BCUT2D eigenvalue weighted by Crippen LogP contribution is 2.20. The first-order valence-electron chi connectivity index (χ1n) is 8.80. The highest BCUT2D eigenvalue weighted by atomic mass is 32.2. The van der Waals surface area contributed by atoms with E-state index in [1.807, 2.05) is 25.1 Å². The van der Waals surface area contributed by atoms with Crippen molar-refractivity contribution in [1.29, 1.82) is 5.26 Å². The first-order chi connectivity index (χ1) is 13.8. The van der Waals surface area contributed by atoms with Crippen LogP contribution in [-0.2, 0) is 16.9 Å². The van der Waals surface area contributed by atoms with Gasteiger partial charge >= 0.3 is 0 Å². The summed E-state index contributed by atoms with van der Waals surface area (Å²) in [6.45, 7) is 3.58. The van der Waals surface area contributed by atoms with Crippen LogP contribution in [0.1, 0.15) is 11.3 Å². The maximum Gasteiger partial charge on any atom is 0.295 e. The van der Waals surface area contributed by atoms with Gasteiger partial charge in [0.2, 0.25) is 9.84 Å². The predicted octanol–water partition coefficient (Wildman–Crippen LogP) is 3.04. The lowest BCUT2D eigenvalue weighted by Crippen LogP contribution is -2.20. The number of aryl methyl sites for hydroxylation is 1. The number of hydrogen-bond donors (Lipinski definition) is 1. The smallest absolute Gasteiger partial charge is 0.295 e. The summed E-state index contributed by atoms with van der Waals surface area (Å²) < 4.78 is 28.6. The molecule has 0 amide bonds. The Balaban J connectivity index is 2.02. The van der Waals surface area contributed by atoms with Gasteiger partial charge in [0, 0.05) is 13.2 Å². The largest absolute Gasteiger partial charge is 0.354 e. The van der Waals surface area contributed by atoms with Gasteiger partial charge in [-0.25, -0.2) is 13.1 Å². The number of nitrogens with one attached hydrogen (secondary N) is 1. The van der Waals surface area contributed by atoms with Crippen molar-refractivity contribution in [1.82, 2.24) is 9.36 Å². The Morgan fingerprint density at radius 2 is 1.69 bits per heavy atom. The van der Waals surface area contributed by atoms with Gasteiger partial charge in [0.15, 0.2) is 4.91 Å². The average Bonchev–Trinajstić information content (AvgIpc) is 2.92. The second-order valence-corrected chi connectivity index (χ2v) is 8.44. The summed E-state index contributed by atoms with van der Waals surface area (Å²) in [7, 11) is -2.27. The molecule has 8 heteroatoms. The molecule has 0 aliphatic carbocycles. The summed E-state index contributed by atoms with van der Waals surface area (Å²) in [6, 6.07) is 17.0. The molecule has 2 aromatic carbocycles. The van der Waals surface area contributed by atoms with Crippen LogP contribution in [0.15, 0.2) is 75.4 Å². The van der Waals surface area contributed by atoms with Gasteiger partial charge in [-0.15, -0.1) is 0 Å². The van der Waals surface area contributed by atoms with E-state index in [9.17, 15) is 18.5 Å². The van der Waals surface area contributed by atoms with E-state index in [-0.39, 0.29) is 16.1 Å². The van der Waals surface area contributed by atoms with Gasteiger partial charge in [-0.3, -0.25) is 9.48 Å². The maximum atomic E-state index is 12.9. The number of sulfone groups is 1. The van der Waals surface area contributed by atoms with Crippen molar-refractivity contribution in [3.05, 3.63) is 87.3 Å². The SMILES string of the molecule is Cc1ccc(S(=O)(=O)C(C#N)=CNc2c(C)n(C)n(-c3ccccc3)c2=O)cc1. The fourth-order valence-corrected chi connectivity index (χ4v) is 3.97. The molecule has 3 rings (SSSR count). The molecule has 1 heterocycles. The van der Waals surface area contributed by atoms with E-state index in [1.54, 1.807) is 49.0 Å². The van der Waals surface area contributed by atoms with E-state index in [2.05, 4.69) is 5.32 Å². The standard InChI is InChI=1S/C21H20N4O3S/c1-15-9-11-18(12-10-15)29(27,28)19(13-22)14-23-20-16(2)24(3)25(21(20)26)17-7-5-4-6-8-17/h4-12,14,23H,1-3H3. The average molecular weight is 408 g/mol. The molecule has 29 heavy (non-hydrogen) atoms. The minimum absolute atomic E-state index is 0.0178. The van der Waals surface area contributed by atoms with Gasteiger partial charge in [-0.1, -0.05) is 35.9 Å². The molecule has 1 aromatic heterocycles. The van der Waals surface area contributed by atoms with E-state index in [4.69, 9.17) is 0 Å². The van der Waals surface area contributed by atoms with E-state index in [1.165, 1.54) is 16.8 Å². The highest BCUT2D eigenvalue weighted by Gasteiger charge is 2.22. The minimum Gasteiger partial charge on any atom is -0.354 e. The summed E-state index contributed by atoms with van der Waals surface area (Å²) in [4.78, 5) is 12.4. The van der Waals surface area contributed by atoms with Crippen molar-refractivity contribution in [2.45, 2.75) is 18.7 Å². The van der Waals surface area contributed by atoms with Gasteiger partial charge in [0.25, 0.3) is 5.56 Å². The number of hydrogen-bond acceptors (Lipinski definition) is 5. The highest BCUT2D eigenvalue weighted by molar-refractivity contribution is 7.95. The van der Waals surface area contributed by atoms with Gasteiger partial charge in [-0.2, -0.15) is 5.26 Å². The summed E-state index contributed by atoms with van der Waals surface area (Å²) >= 11 is 0. The van der Waals surface area contributed by atoms with Crippen LogP contribution in [0.5, 0.6) is 0 Å². The summed E-state index contributed by atoms with van der Waals surface area (Å²) in [5.74, 6) is 0. The molecule has 0 spiro atoms. The summed E-state index contributed by atoms with van der Waals surface area (Å²) in [6.07, 6.45) is 1.06. The van der Waals surface area contributed by atoms with Crippen molar-refractivity contribution >= 4 is 15.5 Å². The molecule has 7 nitrogen and oxygen atoms in total. The van der Waals surface area contributed by atoms with Crippen molar-refractivity contribution in [3.8, 4) is 11.8 Å². The van der Waals surface area contributed by atoms with Crippen LogP contribution >= 0.6 is 0 Å². The molecule has 0 aliphatic heterocycles. The lowest BCUT2D eigenvalue weighted by Gasteiger charge is -2.07. The molecule has 0 fully saturated rings. The number of nitrogens with zero attached hydrogens (tertiary/aromatic N) is 3. The zero-order chi connectivity index (χ0) is 21.2. The zero-order valence-electron chi connectivity index (χ0n) is 16.2. The molecule has 0 aliphatic rings. The Kier molecular flexibility index (Phi) is 5.43. The second kappa shape index (κ2) is 7.81. The number of aromatic nitrogens is 2. The summed E-state index contributed by atoms with van der Waals surface area (Å²) in [5, 5.41) is 12.1. The molecule has 0 saturated carbocycles. The molecule has 1 N–H and O–H groups in total. The second-order valence-electron chi connectivity index (χ2n) is 6.52. The molecule has 0 unspecified atom stereocenters. The topological polar surface area (TPSA) is 96.9 Å². The van der Waals surface area contributed by atoms with Gasteiger partial charge in [0.05, 0.1) is 16.3 Å². The van der Waals surface area contributed by atoms with Crippen LogP contribution in [0.4, 0.5) is 5.69 Å². The Morgan fingerprint density at radius 1 is 1.07 bits per heavy atom.